The van der Waals surface area contributed by atoms with Crippen LogP contribution in [0.5, 0.6) is 5.75 Å². The lowest BCUT2D eigenvalue weighted by atomic mass is 10.1. The lowest BCUT2D eigenvalue weighted by Crippen LogP contribution is -2.11. The lowest BCUT2D eigenvalue weighted by molar-refractivity contribution is 0.294. The molecule has 0 saturated carbocycles. The summed E-state index contributed by atoms with van der Waals surface area (Å²) in [4.78, 5) is 0.601. The van der Waals surface area contributed by atoms with Crippen LogP contribution in [0.25, 0.3) is 0 Å². The first-order chi connectivity index (χ1) is 10.2. The minimum Gasteiger partial charge on any atom is -0.508 e. The second-order valence-corrected chi connectivity index (χ2v) is 6.59. The number of aromatic hydroxyl groups is 1. The molecule has 2 aromatic carbocycles. The minimum absolute atomic E-state index is 0.139. The SMILES string of the molecule is CCCc1ccc(C(CO)S(=O)c2ccc(O)cc2)cc1. The molecular weight excluding hydrogens is 284 g/mol. The zero-order valence-electron chi connectivity index (χ0n) is 12.0. The molecule has 0 saturated heterocycles. The fourth-order valence-electron chi connectivity index (χ4n) is 2.23. The third-order valence-corrected chi connectivity index (χ3v) is 5.06. The summed E-state index contributed by atoms with van der Waals surface area (Å²) in [5, 5.41) is 18.4. The Hall–Kier alpha value is -1.65. The Bertz CT molecular complexity index is 590. The van der Waals surface area contributed by atoms with Crippen molar-refractivity contribution >= 4 is 10.8 Å². The molecule has 0 amide bonds. The molecule has 2 atom stereocenters. The van der Waals surface area contributed by atoms with E-state index < -0.39 is 16.0 Å². The average Bonchev–Trinajstić information content (AvgIpc) is 2.50. The molecule has 0 heterocycles. The van der Waals surface area contributed by atoms with Crippen molar-refractivity contribution in [1.82, 2.24) is 0 Å². The highest BCUT2D eigenvalue weighted by Crippen LogP contribution is 2.26. The zero-order valence-corrected chi connectivity index (χ0v) is 12.8. The molecule has 21 heavy (non-hydrogen) atoms. The van der Waals surface area contributed by atoms with Crippen LogP contribution in [0.3, 0.4) is 0 Å². The molecule has 0 aromatic heterocycles. The Morgan fingerprint density at radius 2 is 1.67 bits per heavy atom. The second kappa shape index (κ2) is 7.38. The van der Waals surface area contributed by atoms with E-state index in [9.17, 15) is 14.4 Å². The first-order valence-corrected chi connectivity index (χ1v) is 8.26. The number of phenols is 1. The first-order valence-electron chi connectivity index (χ1n) is 7.05. The number of benzene rings is 2. The van der Waals surface area contributed by atoms with Crippen molar-refractivity contribution in [1.29, 1.82) is 0 Å². The van der Waals surface area contributed by atoms with Crippen LogP contribution >= 0.6 is 0 Å². The maximum atomic E-state index is 12.6. The Kier molecular flexibility index (Phi) is 5.53. The lowest BCUT2D eigenvalue weighted by Gasteiger charge is -2.15. The molecular formula is C17H20O3S. The molecule has 4 heteroatoms. The van der Waals surface area contributed by atoms with Crippen molar-refractivity contribution in [3.05, 3.63) is 59.7 Å². The minimum atomic E-state index is -1.35. The van der Waals surface area contributed by atoms with Crippen molar-refractivity contribution in [2.45, 2.75) is 29.9 Å². The van der Waals surface area contributed by atoms with Gasteiger partial charge in [0.25, 0.3) is 0 Å². The Morgan fingerprint density at radius 1 is 1.05 bits per heavy atom. The molecule has 0 aliphatic heterocycles. The smallest absolute Gasteiger partial charge is 0.115 e. The van der Waals surface area contributed by atoms with E-state index in [-0.39, 0.29) is 12.4 Å². The van der Waals surface area contributed by atoms with Crippen LogP contribution in [0.1, 0.15) is 29.7 Å². The van der Waals surface area contributed by atoms with Crippen LogP contribution in [0.2, 0.25) is 0 Å². The zero-order chi connectivity index (χ0) is 15.2. The highest BCUT2D eigenvalue weighted by Gasteiger charge is 2.19. The number of aliphatic hydroxyl groups is 1. The molecule has 2 rings (SSSR count). The van der Waals surface area contributed by atoms with Gasteiger partial charge >= 0.3 is 0 Å². The molecule has 0 aliphatic carbocycles. The van der Waals surface area contributed by atoms with Gasteiger partial charge in [-0.3, -0.25) is 4.21 Å². The van der Waals surface area contributed by atoms with Gasteiger partial charge in [0, 0.05) is 4.90 Å². The number of rotatable bonds is 6. The third kappa shape index (κ3) is 3.93. The van der Waals surface area contributed by atoms with Crippen molar-refractivity contribution in [3.63, 3.8) is 0 Å². The highest BCUT2D eigenvalue weighted by molar-refractivity contribution is 7.85. The molecule has 112 valence electrons. The van der Waals surface area contributed by atoms with E-state index in [2.05, 4.69) is 6.92 Å². The van der Waals surface area contributed by atoms with E-state index in [1.54, 1.807) is 12.1 Å². The summed E-state index contributed by atoms with van der Waals surface area (Å²) in [6.07, 6.45) is 2.10. The van der Waals surface area contributed by atoms with E-state index in [4.69, 9.17) is 0 Å². The van der Waals surface area contributed by atoms with Crippen molar-refractivity contribution < 1.29 is 14.4 Å². The second-order valence-electron chi connectivity index (χ2n) is 4.95. The van der Waals surface area contributed by atoms with Crippen molar-refractivity contribution in [2.75, 3.05) is 6.61 Å². The number of aryl methyl sites for hydroxylation is 1. The van der Waals surface area contributed by atoms with Crippen molar-refractivity contribution in [2.24, 2.45) is 0 Å². The van der Waals surface area contributed by atoms with Gasteiger partial charge in [-0.25, -0.2) is 0 Å². The largest absolute Gasteiger partial charge is 0.508 e. The summed E-state index contributed by atoms with van der Waals surface area (Å²) in [7, 11) is -1.35. The highest BCUT2D eigenvalue weighted by atomic mass is 32.2. The molecule has 0 fully saturated rings. The summed E-state index contributed by atoms with van der Waals surface area (Å²) in [5.41, 5.74) is 2.11. The Labute approximate surface area is 127 Å². The number of hydrogen-bond acceptors (Lipinski definition) is 3. The summed E-state index contributed by atoms with van der Waals surface area (Å²) < 4.78 is 12.6. The van der Waals surface area contributed by atoms with Gasteiger partial charge in [-0.1, -0.05) is 37.6 Å². The predicted octanol–water partition coefficient (Wildman–Crippen LogP) is 3.19. The van der Waals surface area contributed by atoms with E-state index in [0.29, 0.717) is 4.90 Å². The molecule has 0 aliphatic rings. The quantitative estimate of drug-likeness (QED) is 0.861. The van der Waals surface area contributed by atoms with E-state index in [0.717, 1.165) is 18.4 Å². The molecule has 0 bridgehead atoms. The monoisotopic (exact) mass is 304 g/mol. The predicted molar refractivity (Wildman–Crippen MR) is 84.8 cm³/mol. The summed E-state index contributed by atoms with van der Waals surface area (Å²) >= 11 is 0. The van der Waals surface area contributed by atoms with E-state index in [1.807, 2.05) is 24.3 Å². The van der Waals surface area contributed by atoms with E-state index >= 15 is 0 Å². The van der Waals surface area contributed by atoms with Gasteiger partial charge in [0.05, 0.1) is 22.7 Å². The standard InChI is InChI=1S/C17H20O3S/c1-2-3-13-4-6-14(7-5-13)17(12-18)21(20)16-10-8-15(19)9-11-16/h4-11,17-19H,2-3,12H2,1H3. The Balaban J connectivity index is 2.22. The summed E-state index contributed by atoms with van der Waals surface area (Å²) in [6, 6.07) is 14.2. The molecule has 2 aromatic rings. The Morgan fingerprint density at radius 3 is 2.19 bits per heavy atom. The van der Waals surface area contributed by atoms with Crippen LogP contribution in [0.4, 0.5) is 0 Å². The number of hydrogen-bond donors (Lipinski definition) is 2. The third-order valence-electron chi connectivity index (χ3n) is 3.38. The molecule has 2 unspecified atom stereocenters. The molecule has 3 nitrogen and oxygen atoms in total. The van der Waals surface area contributed by atoms with Gasteiger partial charge < -0.3 is 10.2 Å². The topological polar surface area (TPSA) is 57.5 Å². The first kappa shape index (κ1) is 15.7. The summed E-state index contributed by atoms with van der Waals surface area (Å²) in [5.74, 6) is 0.139. The number of phenolic OH excluding ortho intramolecular Hbond substituents is 1. The fourth-order valence-corrected chi connectivity index (χ4v) is 3.50. The molecule has 2 N–H and O–H groups in total. The maximum Gasteiger partial charge on any atom is 0.115 e. The van der Waals surface area contributed by atoms with Crippen LogP contribution in [0.15, 0.2) is 53.4 Å². The van der Waals surface area contributed by atoms with Gasteiger partial charge in [-0.05, 0) is 41.8 Å². The van der Waals surface area contributed by atoms with Crippen molar-refractivity contribution in [3.8, 4) is 5.75 Å². The van der Waals surface area contributed by atoms with Crippen LogP contribution in [-0.4, -0.2) is 21.0 Å². The summed E-state index contributed by atoms with van der Waals surface area (Å²) in [6.45, 7) is 1.95. The van der Waals surface area contributed by atoms with Gasteiger partial charge in [0.15, 0.2) is 0 Å². The fraction of sp³-hybridized carbons (Fsp3) is 0.294. The van der Waals surface area contributed by atoms with Gasteiger partial charge in [-0.15, -0.1) is 0 Å². The normalized spacial score (nSPS) is 13.8. The van der Waals surface area contributed by atoms with E-state index in [1.165, 1.54) is 17.7 Å². The van der Waals surface area contributed by atoms with Gasteiger partial charge in [0.1, 0.15) is 5.75 Å². The van der Waals surface area contributed by atoms with Gasteiger partial charge in [0.2, 0.25) is 0 Å². The molecule has 0 spiro atoms. The molecule has 0 radical (unpaired) electrons. The maximum absolute atomic E-state index is 12.6. The van der Waals surface area contributed by atoms with Crippen LogP contribution < -0.4 is 0 Å². The van der Waals surface area contributed by atoms with Crippen LogP contribution in [0, 0.1) is 0 Å². The number of aliphatic hydroxyl groups excluding tert-OH is 1. The average molecular weight is 304 g/mol. The van der Waals surface area contributed by atoms with Gasteiger partial charge in [-0.2, -0.15) is 0 Å². The van der Waals surface area contributed by atoms with Crippen LogP contribution in [-0.2, 0) is 17.2 Å².